The monoisotopic (exact) mass is 243 g/mol. The van der Waals surface area contributed by atoms with Crippen LogP contribution in [0.15, 0.2) is 30.5 Å². The number of aromatic amines is 1. The third-order valence-electron chi connectivity index (χ3n) is 3.03. The van der Waals surface area contributed by atoms with Crippen LogP contribution in [-0.4, -0.2) is 22.6 Å². The number of nitrogens with zero attached hydrogens (tertiary/aromatic N) is 2. The van der Waals surface area contributed by atoms with Crippen molar-refractivity contribution in [3.05, 3.63) is 47.3 Å². The summed E-state index contributed by atoms with van der Waals surface area (Å²) in [6.45, 7) is 6.47. The van der Waals surface area contributed by atoms with E-state index in [0.29, 0.717) is 12.1 Å². The van der Waals surface area contributed by atoms with Gasteiger partial charge in [0.15, 0.2) is 0 Å². The van der Waals surface area contributed by atoms with Crippen molar-refractivity contribution < 1.29 is 4.79 Å². The topological polar surface area (TPSA) is 49.0 Å². The standard InChI is InChI=1S/C14H17N3O/c1-4-17(13-8-6-5-7-10(13)2)14(18)12-9-15-16-11(12)3/h5-9H,4H2,1-3H3,(H,15,16). The molecule has 4 heteroatoms. The molecule has 1 aromatic carbocycles. The predicted octanol–water partition coefficient (Wildman–Crippen LogP) is 2.69. The number of hydrogen-bond donors (Lipinski definition) is 1. The fourth-order valence-electron chi connectivity index (χ4n) is 2.00. The van der Waals surface area contributed by atoms with Gasteiger partial charge >= 0.3 is 0 Å². The van der Waals surface area contributed by atoms with Gasteiger partial charge in [-0.05, 0) is 32.4 Å². The van der Waals surface area contributed by atoms with E-state index in [1.807, 2.05) is 45.0 Å². The SMILES string of the molecule is CCN(C(=O)c1cn[nH]c1C)c1ccccc1C. The molecule has 0 saturated carbocycles. The Morgan fingerprint density at radius 1 is 1.33 bits per heavy atom. The molecule has 2 aromatic rings. The molecule has 0 radical (unpaired) electrons. The van der Waals surface area contributed by atoms with E-state index in [9.17, 15) is 4.79 Å². The summed E-state index contributed by atoms with van der Waals surface area (Å²) in [6.07, 6.45) is 1.58. The molecule has 1 aromatic heterocycles. The molecular weight excluding hydrogens is 226 g/mol. The molecule has 0 bridgehead atoms. The lowest BCUT2D eigenvalue weighted by molar-refractivity contribution is 0.0987. The molecule has 1 amide bonds. The van der Waals surface area contributed by atoms with Crippen molar-refractivity contribution in [2.24, 2.45) is 0 Å². The van der Waals surface area contributed by atoms with E-state index in [2.05, 4.69) is 10.2 Å². The Kier molecular flexibility index (Phi) is 3.46. The lowest BCUT2D eigenvalue weighted by Crippen LogP contribution is -2.31. The lowest BCUT2D eigenvalue weighted by Gasteiger charge is -2.22. The minimum absolute atomic E-state index is 0.0157. The average molecular weight is 243 g/mol. The van der Waals surface area contributed by atoms with Gasteiger partial charge in [-0.1, -0.05) is 18.2 Å². The van der Waals surface area contributed by atoms with E-state index in [-0.39, 0.29) is 5.91 Å². The smallest absolute Gasteiger partial charge is 0.261 e. The van der Waals surface area contributed by atoms with Gasteiger partial charge < -0.3 is 4.90 Å². The fourth-order valence-corrected chi connectivity index (χ4v) is 2.00. The van der Waals surface area contributed by atoms with E-state index in [0.717, 1.165) is 16.9 Å². The molecule has 1 N–H and O–H groups in total. The molecule has 0 aliphatic rings. The van der Waals surface area contributed by atoms with Gasteiger partial charge in [-0.25, -0.2) is 0 Å². The van der Waals surface area contributed by atoms with E-state index in [4.69, 9.17) is 0 Å². The molecule has 18 heavy (non-hydrogen) atoms. The van der Waals surface area contributed by atoms with Crippen LogP contribution in [0.25, 0.3) is 0 Å². The average Bonchev–Trinajstić information content (AvgIpc) is 2.78. The Labute approximate surface area is 107 Å². The van der Waals surface area contributed by atoms with Crippen molar-refractivity contribution in [1.82, 2.24) is 10.2 Å². The number of aryl methyl sites for hydroxylation is 2. The number of para-hydroxylation sites is 1. The minimum Gasteiger partial charge on any atom is -0.308 e. The Morgan fingerprint density at radius 3 is 2.61 bits per heavy atom. The van der Waals surface area contributed by atoms with Crippen molar-refractivity contribution in [3.63, 3.8) is 0 Å². The van der Waals surface area contributed by atoms with Crippen molar-refractivity contribution in [2.45, 2.75) is 20.8 Å². The van der Waals surface area contributed by atoms with Gasteiger partial charge in [-0.15, -0.1) is 0 Å². The number of benzene rings is 1. The van der Waals surface area contributed by atoms with Gasteiger partial charge in [-0.3, -0.25) is 9.89 Å². The second-order valence-corrected chi connectivity index (χ2v) is 4.24. The first-order valence-corrected chi connectivity index (χ1v) is 6.02. The Balaban J connectivity index is 2.39. The number of amides is 1. The summed E-state index contributed by atoms with van der Waals surface area (Å²) < 4.78 is 0. The lowest BCUT2D eigenvalue weighted by atomic mass is 10.1. The Hall–Kier alpha value is -2.10. The Bertz CT molecular complexity index is 560. The number of carbonyl (C=O) groups is 1. The molecule has 0 atom stereocenters. The molecule has 0 aliphatic heterocycles. The van der Waals surface area contributed by atoms with Crippen LogP contribution < -0.4 is 4.90 Å². The summed E-state index contributed by atoms with van der Waals surface area (Å²) in [5.74, 6) is -0.0157. The van der Waals surface area contributed by atoms with Crippen LogP contribution in [0, 0.1) is 13.8 Å². The molecule has 0 aliphatic carbocycles. The van der Waals surface area contributed by atoms with Crippen LogP contribution in [0.5, 0.6) is 0 Å². The molecule has 2 rings (SSSR count). The maximum atomic E-state index is 12.5. The third-order valence-corrected chi connectivity index (χ3v) is 3.03. The van der Waals surface area contributed by atoms with Gasteiger partial charge in [0.05, 0.1) is 11.8 Å². The number of carbonyl (C=O) groups excluding carboxylic acids is 1. The first-order chi connectivity index (χ1) is 8.65. The largest absolute Gasteiger partial charge is 0.308 e. The van der Waals surface area contributed by atoms with Gasteiger partial charge in [0, 0.05) is 17.9 Å². The maximum absolute atomic E-state index is 12.5. The van der Waals surface area contributed by atoms with Crippen molar-refractivity contribution in [3.8, 4) is 0 Å². The van der Waals surface area contributed by atoms with Crippen LogP contribution in [0.1, 0.15) is 28.5 Å². The first kappa shape index (κ1) is 12.4. The summed E-state index contributed by atoms with van der Waals surface area (Å²) in [5, 5.41) is 6.70. The van der Waals surface area contributed by atoms with Crippen LogP contribution in [0.4, 0.5) is 5.69 Å². The van der Waals surface area contributed by atoms with Crippen molar-refractivity contribution >= 4 is 11.6 Å². The van der Waals surface area contributed by atoms with Crippen LogP contribution >= 0.6 is 0 Å². The minimum atomic E-state index is -0.0157. The zero-order chi connectivity index (χ0) is 13.1. The normalized spacial score (nSPS) is 10.4. The summed E-state index contributed by atoms with van der Waals surface area (Å²) in [6, 6.07) is 7.89. The molecule has 0 unspecified atom stereocenters. The molecule has 94 valence electrons. The van der Waals surface area contributed by atoms with E-state index >= 15 is 0 Å². The van der Waals surface area contributed by atoms with Gasteiger partial charge in [-0.2, -0.15) is 5.10 Å². The number of rotatable bonds is 3. The van der Waals surface area contributed by atoms with E-state index in [1.54, 1.807) is 11.1 Å². The first-order valence-electron chi connectivity index (χ1n) is 6.02. The zero-order valence-electron chi connectivity index (χ0n) is 10.9. The van der Waals surface area contributed by atoms with Crippen LogP contribution in [0.3, 0.4) is 0 Å². The predicted molar refractivity (Wildman–Crippen MR) is 71.9 cm³/mol. The number of anilines is 1. The number of hydrogen-bond acceptors (Lipinski definition) is 2. The highest BCUT2D eigenvalue weighted by molar-refractivity contribution is 6.06. The highest BCUT2D eigenvalue weighted by atomic mass is 16.2. The quantitative estimate of drug-likeness (QED) is 0.901. The molecule has 0 fully saturated rings. The van der Waals surface area contributed by atoms with Crippen LogP contribution in [-0.2, 0) is 0 Å². The summed E-state index contributed by atoms with van der Waals surface area (Å²) in [4.78, 5) is 14.2. The maximum Gasteiger partial charge on any atom is 0.261 e. The second kappa shape index (κ2) is 5.04. The molecular formula is C14H17N3O. The van der Waals surface area contributed by atoms with E-state index in [1.165, 1.54) is 0 Å². The molecule has 4 nitrogen and oxygen atoms in total. The summed E-state index contributed by atoms with van der Waals surface area (Å²) >= 11 is 0. The summed E-state index contributed by atoms with van der Waals surface area (Å²) in [5.41, 5.74) is 3.46. The molecule has 1 heterocycles. The molecule has 0 spiro atoms. The highest BCUT2D eigenvalue weighted by Gasteiger charge is 2.20. The van der Waals surface area contributed by atoms with Gasteiger partial charge in [0.25, 0.3) is 5.91 Å². The highest BCUT2D eigenvalue weighted by Crippen LogP contribution is 2.21. The molecule has 0 saturated heterocycles. The number of nitrogens with one attached hydrogen (secondary N) is 1. The summed E-state index contributed by atoms with van der Waals surface area (Å²) in [7, 11) is 0. The number of H-pyrrole nitrogens is 1. The Morgan fingerprint density at radius 2 is 2.06 bits per heavy atom. The van der Waals surface area contributed by atoms with Crippen molar-refractivity contribution in [2.75, 3.05) is 11.4 Å². The van der Waals surface area contributed by atoms with Crippen LogP contribution in [0.2, 0.25) is 0 Å². The fraction of sp³-hybridized carbons (Fsp3) is 0.286. The van der Waals surface area contributed by atoms with Gasteiger partial charge in [0.1, 0.15) is 0 Å². The zero-order valence-corrected chi connectivity index (χ0v) is 10.9. The number of aromatic nitrogens is 2. The van der Waals surface area contributed by atoms with Gasteiger partial charge in [0.2, 0.25) is 0 Å². The van der Waals surface area contributed by atoms with E-state index < -0.39 is 0 Å². The second-order valence-electron chi connectivity index (χ2n) is 4.24. The van der Waals surface area contributed by atoms with Crippen molar-refractivity contribution in [1.29, 1.82) is 0 Å². The third kappa shape index (κ3) is 2.14.